The number of ether oxygens (including phenoxy) is 2. The Bertz CT molecular complexity index is 381. The molecule has 0 saturated carbocycles. The van der Waals surface area contributed by atoms with Gasteiger partial charge in [0.2, 0.25) is 0 Å². The van der Waals surface area contributed by atoms with Gasteiger partial charge in [-0.3, -0.25) is 9.59 Å². The normalized spacial score (nSPS) is 11.9. The minimum absolute atomic E-state index is 0.421. The van der Waals surface area contributed by atoms with Crippen molar-refractivity contribution in [2.45, 2.75) is 5.92 Å². The molecule has 1 aromatic heterocycles. The van der Waals surface area contributed by atoms with Crippen LogP contribution in [-0.4, -0.2) is 26.2 Å². The van der Waals surface area contributed by atoms with E-state index in [9.17, 15) is 9.59 Å². The topological polar surface area (TPSA) is 52.6 Å². The van der Waals surface area contributed by atoms with E-state index in [1.807, 2.05) is 17.5 Å². The van der Waals surface area contributed by atoms with E-state index in [1.165, 1.54) is 25.6 Å². The van der Waals surface area contributed by atoms with Crippen LogP contribution in [0, 0.1) is 5.92 Å². The molecule has 1 atom stereocenters. The van der Waals surface area contributed by atoms with Crippen molar-refractivity contribution in [1.29, 1.82) is 0 Å². The minimum Gasteiger partial charge on any atom is -0.468 e. The van der Waals surface area contributed by atoms with Crippen molar-refractivity contribution < 1.29 is 19.1 Å². The molecule has 4 nitrogen and oxygen atoms in total. The predicted molar refractivity (Wildman–Crippen MR) is 64.8 cm³/mol. The molecule has 0 amide bonds. The van der Waals surface area contributed by atoms with Crippen LogP contribution < -0.4 is 0 Å². The van der Waals surface area contributed by atoms with Gasteiger partial charge in [-0.15, -0.1) is 17.9 Å². The Balaban J connectivity index is 3.06. The molecule has 0 aliphatic heterocycles. The number of esters is 2. The van der Waals surface area contributed by atoms with Crippen LogP contribution in [0.3, 0.4) is 0 Å². The van der Waals surface area contributed by atoms with Gasteiger partial charge >= 0.3 is 11.9 Å². The molecule has 0 aromatic carbocycles. The Morgan fingerprint density at radius 3 is 2.29 bits per heavy atom. The van der Waals surface area contributed by atoms with Crippen molar-refractivity contribution in [3.05, 3.63) is 35.0 Å². The third-order valence-corrected chi connectivity index (χ3v) is 3.37. The summed E-state index contributed by atoms with van der Waals surface area (Å²) >= 11 is 1.45. The lowest BCUT2D eigenvalue weighted by molar-refractivity contribution is -0.159. The second-order valence-electron chi connectivity index (χ2n) is 3.30. The van der Waals surface area contributed by atoms with E-state index in [-0.39, 0.29) is 0 Å². The third kappa shape index (κ3) is 2.94. The smallest absolute Gasteiger partial charge is 0.321 e. The minimum atomic E-state index is -0.999. The van der Waals surface area contributed by atoms with Crippen molar-refractivity contribution in [2.24, 2.45) is 5.92 Å². The number of carbonyl (C=O) groups is 2. The molecular weight excluding hydrogens is 240 g/mol. The van der Waals surface area contributed by atoms with Crippen molar-refractivity contribution in [3.63, 3.8) is 0 Å². The van der Waals surface area contributed by atoms with Gasteiger partial charge in [-0.05, 0) is 11.4 Å². The Kier molecular flexibility index (Phi) is 4.90. The molecule has 5 heteroatoms. The quantitative estimate of drug-likeness (QED) is 0.458. The highest BCUT2D eigenvalue weighted by molar-refractivity contribution is 7.10. The second kappa shape index (κ2) is 6.20. The molecule has 17 heavy (non-hydrogen) atoms. The zero-order valence-electron chi connectivity index (χ0n) is 9.71. The van der Waals surface area contributed by atoms with E-state index in [4.69, 9.17) is 0 Å². The third-order valence-electron chi connectivity index (χ3n) is 2.40. The molecule has 0 fully saturated rings. The van der Waals surface area contributed by atoms with Gasteiger partial charge in [-0.1, -0.05) is 12.1 Å². The fourth-order valence-electron chi connectivity index (χ4n) is 1.54. The lowest BCUT2D eigenvalue weighted by Gasteiger charge is -2.19. The van der Waals surface area contributed by atoms with Gasteiger partial charge < -0.3 is 9.47 Å². The summed E-state index contributed by atoms with van der Waals surface area (Å²) in [6.45, 7) is 3.66. The average molecular weight is 254 g/mol. The molecular formula is C12H14O4S. The van der Waals surface area contributed by atoms with E-state index < -0.39 is 23.8 Å². The van der Waals surface area contributed by atoms with Gasteiger partial charge in [0, 0.05) is 10.8 Å². The van der Waals surface area contributed by atoms with Crippen LogP contribution in [0.5, 0.6) is 0 Å². The molecule has 0 N–H and O–H groups in total. The van der Waals surface area contributed by atoms with Gasteiger partial charge in [-0.2, -0.15) is 0 Å². The first-order chi connectivity index (χ1) is 8.15. The van der Waals surface area contributed by atoms with Gasteiger partial charge in [0.1, 0.15) is 0 Å². The molecule has 92 valence electrons. The lowest BCUT2D eigenvalue weighted by atomic mass is 9.91. The van der Waals surface area contributed by atoms with Crippen LogP contribution in [0.4, 0.5) is 0 Å². The number of methoxy groups -OCH3 is 2. The van der Waals surface area contributed by atoms with Crippen molar-refractivity contribution in [1.82, 2.24) is 0 Å². The molecule has 0 bridgehead atoms. The first-order valence-electron chi connectivity index (χ1n) is 4.97. The summed E-state index contributed by atoms with van der Waals surface area (Å²) in [7, 11) is 2.49. The zero-order valence-corrected chi connectivity index (χ0v) is 10.5. The van der Waals surface area contributed by atoms with Crippen molar-refractivity contribution in [2.75, 3.05) is 14.2 Å². The number of rotatable bonds is 5. The van der Waals surface area contributed by atoms with Crippen LogP contribution in [0.25, 0.3) is 0 Å². The zero-order chi connectivity index (χ0) is 12.8. The van der Waals surface area contributed by atoms with Crippen molar-refractivity contribution >= 4 is 23.3 Å². The second-order valence-corrected chi connectivity index (χ2v) is 4.28. The van der Waals surface area contributed by atoms with Crippen LogP contribution >= 0.6 is 11.3 Å². The van der Waals surface area contributed by atoms with Crippen LogP contribution in [0.2, 0.25) is 0 Å². The van der Waals surface area contributed by atoms with Gasteiger partial charge in [-0.25, -0.2) is 0 Å². The molecule has 1 rings (SSSR count). The van der Waals surface area contributed by atoms with E-state index in [1.54, 1.807) is 6.08 Å². The highest BCUT2D eigenvalue weighted by Gasteiger charge is 2.36. The maximum Gasteiger partial charge on any atom is 0.321 e. The SMILES string of the molecule is C=C[C@@H](c1cccs1)C(C(=O)OC)C(=O)OC. The van der Waals surface area contributed by atoms with Crippen LogP contribution in [0.1, 0.15) is 10.8 Å². The molecule has 0 saturated heterocycles. The fourth-order valence-corrected chi connectivity index (χ4v) is 2.40. The lowest BCUT2D eigenvalue weighted by Crippen LogP contribution is -2.31. The summed E-state index contributed by atoms with van der Waals surface area (Å²) in [5, 5.41) is 1.87. The summed E-state index contributed by atoms with van der Waals surface area (Å²) in [5.74, 6) is -2.65. The molecule has 0 spiro atoms. The Morgan fingerprint density at radius 2 is 1.94 bits per heavy atom. The Hall–Kier alpha value is -1.62. The number of carbonyl (C=O) groups excluding carboxylic acids is 2. The van der Waals surface area contributed by atoms with Gasteiger partial charge in [0.05, 0.1) is 14.2 Å². The molecule has 0 radical (unpaired) electrons. The predicted octanol–water partition coefficient (Wildman–Crippen LogP) is 1.98. The Morgan fingerprint density at radius 1 is 1.35 bits per heavy atom. The first kappa shape index (κ1) is 13.4. The molecule has 0 aliphatic rings. The highest BCUT2D eigenvalue weighted by Crippen LogP contribution is 2.31. The van der Waals surface area contributed by atoms with E-state index in [0.29, 0.717) is 0 Å². The van der Waals surface area contributed by atoms with Crippen molar-refractivity contribution in [3.8, 4) is 0 Å². The summed E-state index contributed by atoms with van der Waals surface area (Å²) in [6, 6.07) is 3.69. The fraction of sp³-hybridized carbons (Fsp3) is 0.333. The van der Waals surface area contributed by atoms with E-state index in [2.05, 4.69) is 16.1 Å². The molecule has 0 unspecified atom stereocenters. The number of allylic oxidation sites excluding steroid dienone is 1. The van der Waals surface area contributed by atoms with Gasteiger partial charge in [0.25, 0.3) is 0 Å². The van der Waals surface area contributed by atoms with Gasteiger partial charge in [0.15, 0.2) is 5.92 Å². The van der Waals surface area contributed by atoms with Crippen LogP contribution in [0.15, 0.2) is 30.2 Å². The maximum atomic E-state index is 11.6. The summed E-state index contributed by atoms with van der Waals surface area (Å²) < 4.78 is 9.27. The largest absolute Gasteiger partial charge is 0.468 e. The highest BCUT2D eigenvalue weighted by atomic mass is 32.1. The molecule has 1 aromatic rings. The monoisotopic (exact) mass is 254 g/mol. The molecule has 1 heterocycles. The Labute approximate surface area is 104 Å². The summed E-state index contributed by atoms with van der Waals surface area (Å²) in [4.78, 5) is 24.2. The number of hydrogen-bond acceptors (Lipinski definition) is 5. The van der Waals surface area contributed by atoms with Crippen LogP contribution in [-0.2, 0) is 19.1 Å². The van der Waals surface area contributed by atoms with E-state index >= 15 is 0 Å². The number of hydrogen-bond donors (Lipinski definition) is 0. The first-order valence-corrected chi connectivity index (χ1v) is 5.85. The maximum absolute atomic E-state index is 11.6. The van der Waals surface area contributed by atoms with E-state index in [0.717, 1.165) is 4.88 Å². The molecule has 0 aliphatic carbocycles. The average Bonchev–Trinajstić information content (AvgIpc) is 2.87. The number of thiophene rings is 1. The summed E-state index contributed by atoms with van der Waals surface area (Å²) in [5.41, 5.74) is 0. The standard InChI is InChI=1S/C12H14O4S/c1-4-8(9-6-5-7-17-9)10(11(13)15-2)12(14)16-3/h4-8,10H,1H2,2-3H3/t8-/m0/s1. The summed E-state index contributed by atoms with van der Waals surface area (Å²) in [6.07, 6.45) is 1.56.